The minimum atomic E-state index is -4.08. The Balaban J connectivity index is 2.44. The molecule has 0 amide bonds. The lowest BCUT2D eigenvalue weighted by atomic mass is 10.2. The highest BCUT2D eigenvalue weighted by atomic mass is 32.2. The predicted octanol–water partition coefficient (Wildman–Crippen LogP) is 0.0977. The molecule has 1 aliphatic rings. The largest absolute Gasteiger partial charge is 0.480 e. The molecule has 1 aromatic carbocycles. The molecule has 1 unspecified atom stereocenters. The number of aliphatic hydroxyl groups is 1. The predicted molar refractivity (Wildman–Crippen MR) is 72.4 cm³/mol. The van der Waals surface area contributed by atoms with E-state index in [4.69, 9.17) is 5.11 Å². The first-order valence-electron chi connectivity index (χ1n) is 6.27. The Labute approximate surface area is 121 Å². The minimum absolute atomic E-state index is 0.152. The lowest BCUT2D eigenvalue weighted by molar-refractivity contribution is -0.140. The number of Topliss-reactive ketones (excluding diaryl/α,β-unsaturated/α-hetero) is 1. The van der Waals surface area contributed by atoms with E-state index in [0.717, 1.165) is 4.31 Å². The summed E-state index contributed by atoms with van der Waals surface area (Å²) in [5.74, 6) is -1.60. The van der Waals surface area contributed by atoms with E-state index >= 15 is 0 Å². The Hall–Kier alpha value is -1.77. The second kappa shape index (κ2) is 5.55. The van der Waals surface area contributed by atoms with Crippen LogP contribution in [0.5, 0.6) is 0 Å². The number of carbonyl (C=O) groups excluding carboxylic acids is 1. The van der Waals surface area contributed by atoms with Crippen molar-refractivity contribution in [2.24, 2.45) is 0 Å². The Bertz CT molecular complexity index is 684. The Morgan fingerprint density at radius 3 is 2.57 bits per heavy atom. The molecule has 0 spiro atoms. The van der Waals surface area contributed by atoms with Gasteiger partial charge in [0.1, 0.15) is 6.04 Å². The summed E-state index contributed by atoms with van der Waals surface area (Å²) >= 11 is 0. The van der Waals surface area contributed by atoms with Crippen LogP contribution in [-0.2, 0) is 14.8 Å². The van der Waals surface area contributed by atoms with Gasteiger partial charge in [0.15, 0.2) is 5.78 Å². The quantitative estimate of drug-likeness (QED) is 0.762. The van der Waals surface area contributed by atoms with Gasteiger partial charge in [-0.2, -0.15) is 4.31 Å². The average molecular weight is 313 g/mol. The van der Waals surface area contributed by atoms with E-state index in [9.17, 15) is 23.1 Å². The fourth-order valence-electron chi connectivity index (χ4n) is 2.29. The lowest BCUT2D eigenvalue weighted by Crippen LogP contribution is -2.40. The maximum atomic E-state index is 12.5. The molecule has 1 aliphatic heterocycles. The van der Waals surface area contributed by atoms with Crippen LogP contribution in [0.3, 0.4) is 0 Å². The van der Waals surface area contributed by atoms with Crippen LogP contribution in [0.1, 0.15) is 23.7 Å². The first-order valence-corrected chi connectivity index (χ1v) is 7.71. The number of carbonyl (C=O) groups is 2. The van der Waals surface area contributed by atoms with Gasteiger partial charge >= 0.3 is 5.97 Å². The van der Waals surface area contributed by atoms with E-state index in [1.54, 1.807) is 0 Å². The van der Waals surface area contributed by atoms with Crippen molar-refractivity contribution >= 4 is 21.8 Å². The number of sulfonamides is 1. The number of rotatable bonds is 4. The first-order chi connectivity index (χ1) is 9.73. The number of hydrogen-bond acceptors (Lipinski definition) is 5. The van der Waals surface area contributed by atoms with Crippen LogP contribution in [0.25, 0.3) is 0 Å². The van der Waals surface area contributed by atoms with Crippen molar-refractivity contribution in [1.82, 2.24) is 4.31 Å². The summed E-state index contributed by atoms with van der Waals surface area (Å²) in [6.07, 6.45) is -1.17. The van der Waals surface area contributed by atoms with Crippen LogP contribution in [-0.4, -0.2) is 53.4 Å². The zero-order valence-electron chi connectivity index (χ0n) is 11.3. The molecule has 2 rings (SSSR count). The molecule has 0 radical (unpaired) electrons. The average Bonchev–Trinajstić information content (AvgIpc) is 2.82. The van der Waals surface area contributed by atoms with E-state index in [2.05, 4.69) is 0 Å². The number of aliphatic carboxylic acids is 1. The molecule has 0 aliphatic carbocycles. The molecule has 0 saturated carbocycles. The third-order valence-electron chi connectivity index (χ3n) is 3.37. The highest BCUT2D eigenvalue weighted by Gasteiger charge is 2.43. The van der Waals surface area contributed by atoms with Gasteiger partial charge in [0, 0.05) is 18.5 Å². The Morgan fingerprint density at radius 2 is 2.00 bits per heavy atom. The Kier molecular flexibility index (Phi) is 4.13. The molecule has 1 heterocycles. The van der Waals surface area contributed by atoms with Crippen molar-refractivity contribution in [2.75, 3.05) is 6.54 Å². The van der Waals surface area contributed by atoms with E-state index in [1.165, 1.54) is 31.2 Å². The molecule has 21 heavy (non-hydrogen) atoms. The molecule has 114 valence electrons. The minimum Gasteiger partial charge on any atom is -0.480 e. The van der Waals surface area contributed by atoms with E-state index in [1.807, 2.05) is 0 Å². The smallest absolute Gasteiger partial charge is 0.322 e. The molecule has 2 atom stereocenters. The first kappa shape index (κ1) is 15.6. The summed E-state index contributed by atoms with van der Waals surface area (Å²) in [7, 11) is -4.08. The van der Waals surface area contributed by atoms with E-state index in [0.29, 0.717) is 0 Å². The third kappa shape index (κ3) is 2.97. The summed E-state index contributed by atoms with van der Waals surface area (Å²) in [5, 5.41) is 18.6. The molecule has 0 aromatic heterocycles. The van der Waals surface area contributed by atoms with E-state index < -0.39 is 28.1 Å². The summed E-state index contributed by atoms with van der Waals surface area (Å²) in [6, 6.07) is 4.11. The van der Waals surface area contributed by atoms with Crippen LogP contribution < -0.4 is 0 Å². The van der Waals surface area contributed by atoms with Crippen molar-refractivity contribution in [1.29, 1.82) is 0 Å². The van der Waals surface area contributed by atoms with Crippen LogP contribution in [0.15, 0.2) is 29.2 Å². The molecule has 1 saturated heterocycles. The molecule has 2 N–H and O–H groups in total. The molecule has 1 aromatic rings. The topological polar surface area (TPSA) is 112 Å². The monoisotopic (exact) mass is 313 g/mol. The number of hydrogen-bond donors (Lipinski definition) is 2. The van der Waals surface area contributed by atoms with Crippen LogP contribution in [0.2, 0.25) is 0 Å². The normalized spacial score (nSPS) is 23.1. The zero-order chi connectivity index (χ0) is 15.8. The van der Waals surface area contributed by atoms with Crippen LogP contribution >= 0.6 is 0 Å². The fourth-order valence-corrected chi connectivity index (χ4v) is 3.96. The van der Waals surface area contributed by atoms with Gasteiger partial charge in [0.05, 0.1) is 11.0 Å². The SMILES string of the molecule is CC(=O)c1cccc(S(=O)(=O)N2CC(O)C[C@H]2C(=O)O)c1. The second-order valence-corrected chi connectivity index (χ2v) is 6.79. The van der Waals surface area contributed by atoms with Crippen LogP contribution in [0.4, 0.5) is 0 Å². The molecule has 0 bridgehead atoms. The molecule has 8 heteroatoms. The van der Waals surface area contributed by atoms with Crippen molar-refractivity contribution < 1.29 is 28.2 Å². The summed E-state index contributed by atoms with van der Waals surface area (Å²) in [4.78, 5) is 22.3. The maximum Gasteiger partial charge on any atom is 0.322 e. The van der Waals surface area contributed by atoms with Gasteiger partial charge in [-0.3, -0.25) is 9.59 Å². The van der Waals surface area contributed by atoms with E-state index in [-0.39, 0.29) is 29.2 Å². The molecular weight excluding hydrogens is 298 g/mol. The lowest BCUT2D eigenvalue weighted by Gasteiger charge is -2.20. The van der Waals surface area contributed by atoms with Gasteiger partial charge in [-0.05, 0) is 19.1 Å². The molecule has 7 nitrogen and oxygen atoms in total. The second-order valence-electron chi connectivity index (χ2n) is 4.90. The van der Waals surface area contributed by atoms with Gasteiger partial charge in [-0.25, -0.2) is 8.42 Å². The summed E-state index contributed by atoms with van der Waals surface area (Å²) < 4.78 is 25.8. The summed E-state index contributed by atoms with van der Waals surface area (Å²) in [5.41, 5.74) is 0.225. The van der Waals surface area contributed by atoms with Gasteiger partial charge in [0.2, 0.25) is 10.0 Å². The number of carboxylic acids is 1. The number of carboxylic acid groups (broad SMARTS) is 1. The zero-order valence-corrected chi connectivity index (χ0v) is 12.1. The maximum absolute atomic E-state index is 12.5. The standard InChI is InChI=1S/C13H15NO6S/c1-8(15)9-3-2-4-11(5-9)21(19,20)14-7-10(16)6-12(14)13(17)18/h2-5,10,12,16H,6-7H2,1H3,(H,17,18)/t10?,12-/m0/s1. The number of aliphatic hydroxyl groups excluding tert-OH is 1. The van der Waals surface area contributed by atoms with Gasteiger partial charge in [-0.1, -0.05) is 12.1 Å². The summed E-state index contributed by atoms with van der Waals surface area (Å²) in [6.45, 7) is 1.04. The van der Waals surface area contributed by atoms with Gasteiger partial charge < -0.3 is 10.2 Å². The third-order valence-corrected chi connectivity index (χ3v) is 5.24. The number of β-amino-alcohol motifs (C(OH)–C–C–N with tert-alkyl or cyclic N) is 1. The van der Waals surface area contributed by atoms with Crippen molar-refractivity contribution in [2.45, 2.75) is 30.4 Å². The fraction of sp³-hybridized carbons (Fsp3) is 0.385. The highest BCUT2D eigenvalue weighted by Crippen LogP contribution is 2.27. The molecule has 1 fully saturated rings. The van der Waals surface area contributed by atoms with Crippen molar-refractivity contribution in [3.8, 4) is 0 Å². The Morgan fingerprint density at radius 1 is 1.33 bits per heavy atom. The van der Waals surface area contributed by atoms with Crippen molar-refractivity contribution in [3.05, 3.63) is 29.8 Å². The van der Waals surface area contributed by atoms with Crippen molar-refractivity contribution in [3.63, 3.8) is 0 Å². The number of nitrogens with zero attached hydrogens (tertiary/aromatic N) is 1. The molecular formula is C13H15NO6S. The highest BCUT2D eigenvalue weighted by molar-refractivity contribution is 7.89. The number of benzene rings is 1. The van der Waals surface area contributed by atoms with Gasteiger partial charge in [0.25, 0.3) is 0 Å². The van der Waals surface area contributed by atoms with Crippen LogP contribution in [0, 0.1) is 0 Å². The number of ketones is 1. The van der Waals surface area contributed by atoms with Gasteiger partial charge in [-0.15, -0.1) is 0 Å².